The monoisotopic (exact) mass is 334 g/mol. The van der Waals surface area contributed by atoms with Crippen molar-refractivity contribution in [2.24, 2.45) is 5.92 Å². The van der Waals surface area contributed by atoms with Crippen LogP contribution in [0.3, 0.4) is 0 Å². The second-order valence-electron chi connectivity index (χ2n) is 7.18. The van der Waals surface area contributed by atoms with Gasteiger partial charge in [-0.3, -0.25) is 0 Å². The molecule has 2 aromatic rings. The van der Waals surface area contributed by atoms with Gasteiger partial charge in [0.1, 0.15) is 6.61 Å². The molecule has 1 aromatic heterocycles. The number of rotatable bonds is 1. The van der Waals surface area contributed by atoms with Crippen LogP contribution in [-0.2, 0) is 14.3 Å². The van der Waals surface area contributed by atoms with Crippen molar-refractivity contribution < 1.29 is 23.5 Å². The maximum atomic E-state index is 12.5. The SMILES string of the molecule is Cc1c2c(cc3c1[C@H](c1ccoc1)OC3=O)C1=C(C(=O)OC1)C1CC21. The van der Waals surface area contributed by atoms with Crippen molar-refractivity contribution in [1.29, 1.82) is 0 Å². The summed E-state index contributed by atoms with van der Waals surface area (Å²) in [7, 11) is 0. The Hall–Kier alpha value is -2.82. The zero-order valence-corrected chi connectivity index (χ0v) is 13.5. The normalized spacial score (nSPS) is 28.1. The molecular formula is C20H14O5. The molecule has 0 spiro atoms. The number of ether oxygens (including phenoxy) is 2. The predicted molar refractivity (Wildman–Crippen MR) is 85.9 cm³/mol. The van der Waals surface area contributed by atoms with Crippen molar-refractivity contribution in [1.82, 2.24) is 0 Å². The topological polar surface area (TPSA) is 65.7 Å². The number of hydrogen-bond acceptors (Lipinski definition) is 5. The smallest absolute Gasteiger partial charge is 0.339 e. The van der Waals surface area contributed by atoms with Crippen LogP contribution in [0.15, 0.2) is 34.6 Å². The molecule has 124 valence electrons. The molecule has 2 unspecified atom stereocenters. The molecule has 1 saturated carbocycles. The lowest BCUT2D eigenvalue weighted by atomic mass is 9.80. The highest BCUT2D eigenvalue weighted by Gasteiger charge is 2.53. The second kappa shape index (κ2) is 4.23. The van der Waals surface area contributed by atoms with Gasteiger partial charge in [0.15, 0.2) is 6.10 Å². The van der Waals surface area contributed by atoms with Crippen LogP contribution in [0.4, 0.5) is 0 Å². The summed E-state index contributed by atoms with van der Waals surface area (Å²) >= 11 is 0. The molecular weight excluding hydrogens is 320 g/mol. The number of cyclic esters (lactones) is 2. The largest absolute Gasteiger partial charge is 0.472 e. The van der Waals surface area contributed by atoms with Crippen molar-refractivity contribution in [2.45, 2.75) is 25.4 Å². The van der Waals surface area contributed by atoms with Crippen molar-refractivity contribution in [3.8, 4) is 0 Å². The number of carbonyl (C=O) groups excluding carboxylic acids is 2. The zero-order chi connectivity index (χ0) is 16.9. The summed E-state index contributed by atoms with van der Waals surface area (Å²) < 4.78 is 16.1. The summed E-state index contributed by atoms with van der Waals surface area (Å²) in [6.45, 7) is 2.37. The van der Waals surface area contributed by atoms with Gasteiger partial charge in [-0.05, 0) is 54.0 Å². The Morgan fingerprint density at radius 1 is 1.08 bits per heavy atom. The van der Waals surface area contributed by atoms with Crippen LogP contribution in [0.1, 0.15) is 56.6 Å². The van der Waals surface area contributed by atoms with E-state index in [1.165, 1.54) is 5.56 Å². The van der Waals surface area contributed by atoms with E-state index in [0.29, 0.717) is 18.1 Å². The van der Waals surface area contributed by atoms with E-state index < -0.39 is 6.10 Å². The molecule has 2 aliphatic heterocycles. The Morgan fingerprint density at radius 2 is 1.96 bits per heavy atom. The standard InChI is InChI=1S/C20H14O5/c1-8-15-10-4-11(10)17-14(7-24-20(17)22)12(15)5-13-16(8)18(25-19(13)21)9-2-3-23-6-9/h2-3,5-6,10-11,18H,4,7H2,1H3/t10?,11?,18-/m0/s1. The second-order valence-corrected chi connectivity index (χ2v) is 7.18. The lowest BCUT2D eigenvalue weighted by molar-refractivity contribution is -0.136. The van der Waals surface area contributed by atoms with Crippen LogP contribution in [0.2, 0.25) is 0 Å². The van der Waals surface area contributed by atoms with E-state index in [1.807, 2.05) is 12.1 Å². The first kappa shape index (κ1) is 13.5. The molecule has 25 heavy (non-hydrogen) atoms. The van der Waals surface area contributed by atoms with E-state index in [1.54, 1.807) is 12.5 Å². The first-order valence-corrected chi connectivity index (χ1v) is 8.46. The Bertz CT molecular complexity index is 1010. The quantitative estimate of drug-likeness (QED) is 0.749. The van der Waals surface area contributed by atoms with E-state index in [9.17, 15) is 9.59 Å². The van der Waals surface area contributed by atoms with Gasteiger partial charge < -0.3 is 13.9 Å². The third kappa shape index (κ3) is 1.54. The van der Waals surface area contributed by atoms with Gasteiger partial charge in [0.25, 0.3) is 0 Å². The van der Waals surface area contributed by atoms with E-state index in [0.717, 1.165) is 39.8 Å². The van der Waals surface area contributed by atoms with Crippen LogP contribution in [0.25, 0.3) is 5.57 Å². The molecule has 1 aromatic carbocycles. The van der Waals surface area contributed by atoms with Crippen molar-refractivity contribution in [3.05, 3.63) is 63.6 Å². The fraction of sp³-hybridized carbons (Fsp3) is 0.300. The zero-order valence-electron chi connectivity index (χ0n) is 13.5. The number of benzene rings is 1. The minimum Gasteiger partial charge on any atom is -0.472 e. The predicted octanol–water partition coefficient (Wildman–Crippen LogP) is 3.28. The fourth-order valence-electron chi connectivity index (χ4n) is 4.82. The molecule has 6 rings (SSSR count). The number of hydrogen-bond donors (Lipinski definition) is 0. The van der Waals surface area contributed by atoms with Crippen LogP contribution in [-0.4, -0.2) is 18.5 Å². The number of esters is 2. The summed E-state index contributed by atoms with van der Waals surface area (Å²) in [5, 5.41) is 0. The van der Waals surface area contributed by atoms with Crippen molar-refractivity contribution in [2.75, 3.05) is 6.61 Å². The van der Waals surface area contributed by atoms with Gasteiger partial charge in [-0.15, -0.1) is 0 Å². The third-order valence-corrected chi connectivity index (χ3v) is 5.98. The van der Waals surface area contributed by atoms with Gasteiger partial charge in [-0.1, -0.05) is 0 Å². The Morgan fingerprint density at radius 3 is 2.76 bits per heavy atom. The first-order valence-electron chi connectivity index (χ1n) is 8.46. The van der Waals surface area contributed by atoms with Crippen molar-refractivity contribution >= 4 is 17.5 Å². The van der Waals surface area contributed by atoms with Gasteiger partial charge in [-0.2, -0.15) is 0 Å². The molecule has 3 atom stereocenters. The summed E-state index contributed by atoms with van der Waals surface area (Å²) in [4.78, 5) is 24.6. The van der Waals surface area contributed by atoms with E-state index in [2.05, 4.69) is 6.92 Å². The molecule has 0 N–H and O–H groups in total. The summed E-state index contributed by atoms with van der Waals surface area (Å²) in [6, 6.07) is 3.74. The van der Waals surface area contributed by atoms with E-state index >= 15 is 0 Å². The van der Waals surface area contributed by atoms with Gasteiger partial charge in [-0.25, -0.2) is 9.59 Å². The van der Waals surface area contributed by atoms with E-state index in [4.69, 9.17) is 13.9 Å². The van der Waals surface area contributed by atoms with Gasteiger partial charge in [0.2, 0.25) is 0 Å². The molecule has 3 heterocycles. The molecule has 0 saturated heterocycles. The lowest BCUT2D eigenvalue weighted by Gasteiger charge is -2.21. The van der Waals surface area contributed by atoms with Crippen LogP contribution in [0, 0.1) is 12.8 Å². The van der Waals surface area contributed by atoms with Crippen LogP contribution >= 0.6 is 0 Å². The Balaban J connectivity index is 1.62. The molecule has 5 heteroatoms. The van der Waals surface area contributed by atoms with Crippen molar-refractivity contribution in [3.63, 3.8) is 0 Å². The Kier molecular flexibility index (Phi) is 2.28. The summed E-state index contributed by atoms with van der Waals surface area (Å²) in [5.41, 5.74) is 7.52. The van der Waals surface area contributed by atoms with E-state index in [-0.39, 0.29) is 17.9 Å². The number of carbonyl (C=O) groups is 2. The summed E-state index contributed by atoms with van der Waals surface area (Å²) in [6.07, 6.45) is 3.77. The average Bonchev–Trinajstić information content (AvgIpc) is 2.96. The highest BCUT2D eigenvalue weighted by Crippen LogP contribution is 2.62. The molecule has 5 nitrogen and oxygen atoms in total. The maximum absolute atomic E-state index is 12.5. The van der Waals surface area contributed by atoms with Crippen LogP contribution < -0.4 is 0 Å². The highest BCUT2D eigenvalue weighted by atomic mass is 16.6. The maximum Gasteiger partial charge on any atom is 0.339 e. The molecule has 1 fully saturated rings. The van der Waals surface area contributed by atoms with Gasteiger partial charge >= 0.3 is 11.9 Å². The van der Waals surface area contributed by atoms with Gasteiger partial charge in [0.05, 0.1) is 18.1 Å². The number of fused-ring (bicyclic) bond motifs is 6. The Labute approximate surface area is 143 Å². The minimum atomic E-state index is -0.416. The molecule has 2 aliphatic carbocycles. The molecule has 0 bridgehead atoms. The molecule has 0 amide bonds. The number of furan rings is 1. The average molecular weight is 334 g/mol. The summed E-state index contributed by atoms with van der Waals surface area (Å²) in [5.74, 6) is 0.118. The third-order valence-electron chi connectivity index (χ3n) is 5.98. The minimum absolute atomic E-state index is 0.190. The lowest BCUT2D eigenvalue weighted by Crippen LogP contribution is -2.11. The molecule has 4 aliphatic rings. The van der Waals surface area contributed by atoms with Crippen LogP contribution in [0.5, 0.6) is 0 Å². The highest BCUT2D eigenvalue weighted by molar-refractivity contribution is 6.06. The fourth-order valence-corrected chi connectivity index (χ4v) is 4.82. The molecule has 0 radical (unpaired) electrons. The first-order chi connectivity index (χ1) is 12.1. The van der Waals surface area contributed by atoms with Gasteiger partial charge in [0, 0.05) is 22.3 Å².